The number of aryl methyl sites for hydroxylation is 2. The van der Waals surface area contributed by atoms with Crippen LogP contribution in [0.3, 0.4) is 0 Å². The van der Waals surface area contributed by atoms with Crippen molar-refractivity contribution < 1.29 is 9.15 Å². The lowest BCUT2D eigenvalue weighted by Crippen LogP contribution is -2.43. The molecule has 0 aliphatic heterocycles. The second-order valence-corrected chi connectivity index (χ2v) is 6.91. The number of guanidine groups is 1. The largest absolute Gasteiger partial charge is 0.497 e. The van der Waals surface area contributed by atoms with E-state index in [1.165, 1.54) is 5.56 Å². The molecule has 6 nitrogen and oxygen atoms in total. The molecule has 0 saturated carbocycles. The van der Waals surface area contributed by atoms with Crippen molar-refractivity contribution in [1.29, 1.82) is 0 Å². The highest BCUT2D eigenvalue weighted by molar-refractivity contribution is 14.0. The highest BCUT2D eigenvalue weighted by Crippen LogP contribution is 2.24. The van der Waals surface area contributed by atoms with Crippen molar-refractivity contribution in [1.82, 2.24) is 15.6 Å². The van der Waals surface area contributed by atoms with Gasteiger partial charge in [0.1, 0.15) is 18.1 Å². The van der Waals surface area contributed by atoms with Crippen molar-refractivity contribution in [3.8, 4) is 5.75 Å². The van der Waals surface area contributed by atoms with Gasteiger partial charge in [-0.25, -0.2) is 9.98 Å². The zero-order valence-electron chi connectivity index (χ0n) is 17.0. The fourth-order valence-electron chi connectivity index (χ4n) is 2.54. The minimum absolute atomic E-state index is 0. The van der Waals surface area contributed by atoms with Gasteiger partial charge in [0, 0.05) is 18.5 Å². The first-order valence-corrected chi connectivity index (χ1v) is 8.95. The summed E-state index contributed by atoms with van der Waals surface area (Å²) in [6.07, 6.45) is 0. The van der Waals surface area contributed by atoms with Crippen LogP contribution >= 0.6 is 24.0 Å². The first-order valence-electron chi connectivity index (χ1n) is 8.95. The number of nitrogens with zero attached hydrogens (tertiary/aromatic N) is 2. The lowest BCUT2D eigenvalue weighted by atomic mass is 9.84. The molecule has 1 aromatic carbocycles. The normalized spacial score (nSPS) is 11.7. The molecule has 0 aliphatic carbocycles. The van der Waals surface area contributed by atoms with Gasteiger partial charge in [0.05, 0.1) is 12.8 Å². The van der Waals surface area contributed by atoms with Crippen LogP contribution in [0.15, 0.2) is 33.7 Å². The van der Waals surface area contributed by atoms with Crippen LogP contribution in [0.5, 0.6) is 5.75 Å². The zero-order chi connectivity index (χ0) is 19.2. The van der Waals surface area contributed by atoms with Gasteiger partial charge in [0.15, 0.2) is 5.96 Å². The fourth-order valence-corrected chi connectivity index (χ4v) is 2.54. The van der Waals surface area contributed by atoms with Gasteiger partial charge in [-0.1, -0.05) is 26.0 Å². The Hall–Kier alpha value is -1.77. The number of nitrogens with one attached hydrogen (secondary N) is 2. The van der Waals surface area contributed by atoms with Crippen molar-refractivity contribution in [2.24, 2.45) is 4.99 Å². The predicted molar refractivity (Wildman–Crippen MR) is 120 cm³/mol. The molecule has 0 unspecified atom stereocenters. The summed E-state index contributed by atoms with van der Waals surface area (Å²) in [6.45, 7) is 12.2. The molecule has 1 heterocycles. The van der Waals surface area contributed by atoms with E-state index in [0.29, 0.717) is 12.4 Å². The average molecular weight is 486 g/mol. The highest BCUT2D eigenvalue weighted by atomic mass is 127. The minimum atomic E-state index is -0.0570. The average Bonchev–Trinajstić information content (AvgIpc) is 2.95. The summed E-state index contributed by atoms with van der Waals surface area (Å²) < 4.78 is 10.8. The van der Waals surface area contributed by atoms with Crippen LogP contribution in [-0.4, -0.2) is 31.1 Å². The zero-order valence-corrected chi connectivity index (χ0v) is 19.4. The molecule has 2 aromatic rings. The van der Waals surface area contributed by atoms with E-state index in [2.05, 4.69) is 46.6 Å². The Morgan fingerprint density at radius 3 is 2.37 bits per heavy atom. The molecule has 0 radical (unpaired) electrons. The maximum Gasteiger partial charge on any atom is 0.216 e. The number of oxazole rings is 1. The molecule has 150 valence electrons. The second-order valence-electron chi connectivity index (χ2n) is 6.91. The monoisotopic (exact) mass is 486 g/mol. The quantitative estimate of drug-likeness (QED) is 0.353. The van der Waals surface area contributed by atoms with Crippen LogP contribution in [0, 0.1) is 13.8 Å². The molecular formula is C20H31IN4O2. The van der Waals surface area contributed by atoms with E-state index in [-0.39, 0.29) is 29.4 Å². The van der Waals surface area contributed by atoms with E-state index < -0.39 is 0 Å². The van der Waals surface area contributed by atoms with E-state index in [0.717, 1.165) is 36.3 Å². The van der Waals surface area contributed by atoms with Gasteiger partial charge in [-0.2, -0.15) is 0 Å². The lowest BCUT2D eigenvalue weighted by Gasteiger charge is -2.27. The third kappa shape index (κ3) is 6.71. The first-order chi connectivity index (χ1) is 12.4. The summed E-state index contributed by atoms with van der Waals surface area (Å²) >= 11 is 0. The summed E-state index contributed by atoms with van der Waals surface area (Å²) in [6, 6.07) is 8.18. The number of rotatable bonds is 7. The Labute approximate surface area is 179 Å². The number of ether oxygens (including phenoxy) is 1. The van der Waals surface area contributed by atoms with Crippen molar-refractivity contribution in [2.45, 2.75) is 46.6 Å². The summed E-state index contributed by atoms with van der Waals surface area (Å²) in [4.78, 5) is 8.95. The molecular weight excluding hydrogens is 455 g/mol. The Morgan fingerprint density at radius 2 is 1.85 bits per heavy atom. The molecule has 0 aliphatic rings. The van der Waals surface area contributed by atoms with E-state index in [4.69, 9.17) is 9.15 Å². The van der Waals surface area contributed by atoms with Gasteiger partial charge in [-0.3, -0.25) is 0 Å². The number of hydrogen-bond acceptors (Lipinski definition) is 4. The minimum Gasteiger partial charge on any atom is -0.497 e. The Bertz CT molecular complexity index is 719. The van der Waals surface area contributed by atoms with Crippen LogP contribution in [0.4, 0.5) is 0 Å². The lowest BCUT2D eigenvalue weighted by molar-refractivity contribution is 0.414. The molecule has 1 aromatic heterocycles. The Balaban J connectivity index is 0.00000364. The van der Waals surface area contributed by atoms with Gasteiger partial charge in [0.25, 0.3) is 0 Å². The summed E-state index contributed by atoms with van der Waals surface area (Å²) in [5.74, 6) is 3.09. The van der Waals surface area contributed by atoms with Crippen molar-refractivity contribution >= 4 is 29.9 Å². The summed E-state index contributed by atoms with van der Waals surface area (Å²) in [5.41, 5.74) is 2.09. The predicted octanol–water partition coefficient (Wildman–Crippen LogP) is 3.95. The fraction of sp³-hybridized carbons (Fsp3) is 0.500. The van der Waals surface area contributed by atoms with Crippen LogP contribution in [0.25, 0.3) is 0 Å². The molecule has 0 bridgehead atoms. The van der Waals surface area contributed by atoms with Crippen molar-refractivity contribution in [2.75, 3.05) is 20.2 Å². The molecule has 0 fully saturated rings. The van der Waals surface area contributed by atoms with Crippen molar-refractivity contribution in [3.05, 3.63) is 47.2 Å². The molecule has 7 heteroatoms. The summed E-state index contributed by atoms with van der Waals surface area (Å²) in [7, 11) is 1.68. The SMILES string of the molecule is CCNC(=NCc1nc(C)c(C)o1)NCC(C)(C)c1ccc(OC)cc1.I. The van der Waals surface area contributed by atoms with Gasteiger partial charge in [-0.15, -0.1) is 24.0 Å². The topological polar surface area (TPSA) is 71.7 Å². The number of aliphatic imine (C=N–C) groups is 1. The number of methoxy groups -OCH3 is 1. The summed E-state index contributed by atoms with van der Waals surface area (Å²) in [5, 5.41) is 6.68. The van der Waals surface area contributed by atoms with E-state index in [1.54, 1.807) is 7.11 Å². The van der Waals surface area contributed by atoms with E-state index in [1.807, 2.05) is 32.9 Å². The number of aromatic nitrogens is 1. The molecule has 27 heavy (non-hydrogen) atoms. The van der Waals surface area contributed by atoms with Crippen LogP contribution in [-0.2, 0) is 12.0 Å². The highest BCUT2D eigenvalue weighted by Gasteiger charge is 2.21. The molecule has 2 rings (SSSR count). The van der Waals surface area contributed by atoms with E-state index in [9.17, 15) is 0 Å². The molecule has 0 saturated heterocycles. The smallest absolute Gasteiger partial charge is 0.216 e. The maximum atomic E-state index is 5.59. The molecule has 0 amide bonds. The van der Waals surface area contributed by atoms with Crippen molar-refractivity contribution in [3.63, 3.8) is 0 Å². The number of halogens is 1. The van der Waals surface area contributed by atoms with Crippen LogP contribution in [0.1, 0.15) is 43.7 Å². The maximum absolute atomic E-state index is 5.59. The molecule has 0 spiro atoms. The standard InChI is InChI=1S/C20H30N4O2.HI/c1-7-21-19(22-12-18-24-14(2)15(3)26-18)23-13-20(4,5)16-8-10-17(25-6)11-9-16;/h8-11H,7,12-13H2,1-6H3,(H2,21,22,23);1H. The van der Waals surface area contributed by atoms with E-state index >= 15 is 0 Å². The van der Waals surface area contributed by atoms with Gasteiger partial charge in [-0.05, 0) is 38.5 Å². The third-order valence-electron chi connectivity index (χ3n) is 4.36. The number of benzene rings is 1. The first kappa shape index (κ1) is 23.3. The van der Waals surface area contributed by atoms with Crippen LogP contribution in [0.2, 0.25) is 0 Å². The molecule has 2 N–H and O–H groups in total. The second kappa shape index (κ2) is 10.5. The van der Waals surface area contributed by atoms with Crippen LogP contribution < -0.4 is 15.4 Å². The molecule has 0 atom stereocenters. The van der Waals surface area contributed by atoms with Gasteiger partial charge in [0.2, 0.25) is 5.89 Å². The number of hydrogen-bond donors (Lipinski definition) is 2. The Kier molecular flexibility index (Phi) is 9.08. The third-order valence-corrected chi connectivity index (χ3v) is 4.36. The van der Waals surface area contributed by atoms with Gasteiger partial charge < -0.3 is 19.8 Å². The van der Waals surface area contributed by atoms with Gasteiger partial charge >= 0.3 is 0 Å². The Morgan fingerprint density at radius 1 is 1.19 bits per heavy atom.